The second-order valence-electron chi connectivity index (χ2n) is 6.18. The van der Waals surface area contributed by atoms with Crippen molar-refractivity contribution in [3.8, 4) is 5.75 Å². The molecule has 0 unspecified atom stereocenters. The van der Waals surface area contributed by atoms with Crippen LogP contribution in [0.3, 0.4) is 0 Å². The number of halogens is 1. The SMILES string of the molecule is CN=C(NCc1ccc(OC(C)C)cc1)N(C)Cc1cccn1C.I. The summed E-state index contributed by atoms with van der Waals surface area (Å²) in [4.78, 5) is 6.48. The highest BCUT2D eigenvalue weighted by molar-refractivity contribution is 14.0. The molecule has 1 aromatic carbocycles. The van der Waals surface area contributed by atoms with E-state index in [4.69, 9.17) is 4.74 Å². The number of hydrogen-bond donors (Lipinski definition) is 1. The topological polar surface area (TPSA) is 41.8 Å². The van der Waals surface area contributed by atoms with Crippen molar-refractivity contribution in [3.63, 3.8) is 0 Å². The van der Waals surface area contributed by atoms with Gasteiger partial charge in [-0.3, -0.25) is 4.99 Å². The van der Waals surface area contributed by atoms with E-state index in [1.807, 2.05) is 40.1 Å². The summed E-state index contributed by atoms with van der Waals surface area (Å²) in [6.45, 7) is 5.60. The Kier molecular flexibility index (Phi) is 8.82. The molecule has 2 aromatic rings. The van der Waals surface area contributed by atoms with Crippen molar-refractivity contribution < 1.29 is 4.74 Å². The number of guanidine groups is 1. The molecular weight excluding hydrogens is 427 g/mol. The van der Waals surface area contributed by atoms with Crippen molar-refractivity contribution in [2.75, 3.05) is 14.1 Å². The maximum Gasteiger partial charge on any atom is 0.194 e. The lowest BCUT2D eigenvalue weighted by molar-refractivity contribution is 0.242. The molecule has 0 fully saturated rings. The third kappa shape index (κ3) is 6.61. The van der Waals surface area contributed by atoms with Crippen LogP contribution in [0.25, 0.3) is 0 Å². The van der Waals surface area contributed by atoms with Crippen LogP contribution in [0.4, 0.5) is 0 Å². The van der Waals surface area contributed by atoms with E-state index < -0.39 is 0 Å². The fourth-order valence-electron chi connectivity index (χ4n) is 2.50. The normalized spacial score (nSPS) is 11.2. The minimum Gasteiger partial charge on any atom is -0.491 e. The van der Waals surface area contributed by atoms with E-state index in [0.29, 0.717) is 0 Å². The Bertz CT molecular complexity index is 664. The van der Waals surface area contributed by atoms with Gasteiger partial charge in [-0.15, -0.1) is 24.0 Å². The minimum absolute atomic E-state index is 0. The van der Waals surface area contributed by atoms with Crippen LogP contribution in [-0.2, 0) is 20.1 Å². The zero-order chi connectivity index (χ0) is 17.5. The summed E-state index contributed by atoms with van der Waals surface area (Å²) >= 11 is 0. The lowest BCUT2D eigenvalue weighted by atomic mass is 10.2. The highest BCUT2D eigenvalue weighted by Gasteiger charge is 2.08. The average Bonchev–Trinajstić information content (AvgIpc) is 2.94. The van der Waals surface area contributed by atoms with Gasteiger partial charge in [0.05, 0.1) is 12.6 Å². The van der Waals surface area contributed by atoms with Gasteiger partial charge >= 0.3 is 0 Å². The van der Waals surface area contributed by atoms with Crippen LogP contribution in [0.5, 0.6) is 5.75 Å². The van der Waals surface area contributed by atoms with Gasteiger partial charge in [0.25, 0.3) is 0 Å². The van der Waals surface area contributed by atoms with Crippen LogP contribution >= 0.6 is 24.0 Å². The van der Waals surface area contributed by atoms with Gasteiger partial charge in [0, 0.05) is 39.6 Å². The van der Waals surface area contributed by atoms with E-state index in [0.717, 1.165) is 24.8 Å². The molecule has 0 aliphatic heterocycles. The number of ether oxygens (including phenoxy) is 1. The summed E-state index contributed by atoms with van der Waals surface area (Å²) in [7, 11) is 5.91. The van der Waals surface area contributed by atoms with Crippen LogP contribution in [0.15, 0.2) is 47.6 Å². The molecule has 0 radical (unpaired) electrons. The highest BCUT2D eigenvalue weighted by atomic mass is 127. The fourth-order valence-corrected chi connectivity index (χ4v) is 2.50. The molecule has 1 N–H and O–H groups in total. The maximum absolute atomic E-state index is 5.67. The maximum atomic E-state index is 5.67. The Balaban J connectivity index is 0.00000312. The number of benzene rings is 1. The largest absolute Gasteiger partial charge is 0.491 e. The van der Waals surface area contributed by atoms with E-state index in [1.54, 1.807) is 0 Å². The Morgan fingerprint density at radius 1 is 1.24 bits per heavy atom. The zero-order valence-corrected chi connectivity index (χ0v) is 18.0. The lowest BCUT2D eigenvalue weighted by Crippen LogP contribution is -2.38. The summed E-state index contributed by atoms with van der Waals surface area (Å²) in [5, 5.41) is 3.40. The number of hydrogen-bond acceptors (Lipinski definition) is 2. The molecule has 5 nitrogen and oxygen atoms in total. The van der Waals surface area contributed by atoms with Gasteiger partial charge in [0.2, 0.25) is 0 Å². The first-order chi connectivity index (χ1) is 11.5. The van der Waals surface area contributed by atoms with Crippen LogP contribution < -0.4 is 10.1 Å². The summed E-state index contributed by atoms with van der Waals surface area (Å²) in [6, 6.07) is 12.3. The van der Waals surface area contributed by atoms with Crippen molar-refractivity contribution >= 4 is 29.9 Å². The van der Waals surface area contributed by atoms with Crippen molar-refractivity contribution in [3.05, 3.63) is 53.9 Å². The van der Waals surface area contributed by atoms with E-state index in [1.165, 1.54) is 11.3 Å². The number of aryl methyl sites for hydroxylation is 1. The van der Waals surface area contributed by atoms with Crippen LogP contribution in [0.2, 0.25) is 0 Å². The molecule has 0 atom stereocenters. The van der Waals surface area contributed by atoms with Crippen LogP contribution in [-0.4, -0.2) is 35.6 Å². The molecule has 6 heteroatoms. The molecule has 0 spiro atoms. The molecule has 0 aliphatic carbocycles. The second-order valence-corrected chi connectivity index (χ2v) is 6.18. The van der Waals surface area contributed by atoms with E-state index in [-0.39, 0.29) is 30.1 Å². The number of aromatic nitrogens is 1. The molecule has 2 rings (SSSR count). The molecule has 1 aromatic heterocycles. The van der Waals surface area contributed by atoms with Crippen molar-refractivity contribution in [1.82, 2.24) is 14.8 Å². The summed E-state index contributed by atoms with van der Waals surface area (Å²) < 4.78 is 7.79. The quantitative estimate of drug-likeness (QED) is 0.410. The molecule has 138 valence electrons. The monoisotopic (exact) mass is 456 g/mol. The molecule has 0 aliphatic rings. The Morgan fingerprint density at radius 2 is 1.92 bits per heavy atom. The minimum atomic E-state index is 0. The van der Waals surface area contributed by atoms with E-state index >= 15 is 0 Å². The molecule has 0 saturated carbocycles. The first-order valence-electron chi connectivity index (χ1n) is 8.27. The van der Waals surface area contributed by atoms with E-state index in [2.05, 4.69) is 57.3 Å². The van der Waals surface area contributed by atoms with Crippen LogP contribution in [0, 0.1) is 0 Å². The lowest BCUT2D eigenvalue weighted by Gasteiger charge is -2.22. The van der Waals surface area contributed by atoms with Gasteiger partial charge in [-0.05, 0) is 43.7 Å². The zero-order valence-electron chi connectivity index (χ0n) is 15.7. The average molecular weight is 456 g/mol. The van der Waals surface area contributed by atoms with E-state index in [9.17, 15) is 0 Å². The Hall–Kier alpha value is -1.70. The number of nitrogens with zero attached hydrogens (tertiary/aromatic N) is 3. The van der Waals surface area contributed by atoms with Gasteiger partial charge in [0.1, 0.15) is 5.75 Å². The van der Waals surface area contributed by atoms with Crippen molar-refractivity contribution in [2.24, 2.45) is 12.0 Å². The van der Waals surface area contributed by atoms with Gasteiger partial charge in [-0.25, -0.2) is 0 Å². The number of aliphatic imine (C=N–C) groups is 1. The summed E-state index contributed by atoms with van der Waals surface area (Å²) in [6.07, 6.45) is 2.25. The fraction of sp³-hybridized carbons (Fsp3) is 0.421. The predicted molar refractivity (Wildman–Crippen MR) is 115 cm³/mol. The third-order valence-corrected chi connectivity index (χ3v) is 3.77. The smallest absolute Gasteiger partial charge is 0.194 e. The van der Waals surface area contributed by atoms with Gasteiger partial charge in [-0.1, -0.05) is 12.1 Å². The van der Waals surface area contributed by atoms with Crippen molar-refractivity contribution in [2.45, 2.75) is 33.0 Å². The first-order valence-corrected chi connectivity index (χ1v) is 8.27. The predicted octanol–water partition coefficient (Wildman–Crippen LogP) is 3.64. The van der Waals surface area contributed by atoms with Crippen LogP contribution in [0.1, 0.15) is 25.1 Å². The standard InChI is InChI=1S/C19H28N4O.HI/c1-15(2)24-18-10-8-16(9-11-18)13-21-19(20-3)23(5)14-17-7-6-12-22(17)4;/h6-12,15H,13-14H2,1-5H3,(H,20,21);1H. The first kappa shape index (κ1) is 21.3. The Labute approximate surface area is 168 Å². The molecule has 0 bridgehead atoms. The second kappa shape index (κ2) is 10.3. The molecular formula is C19H29IN4O. The third-order valence-electron chi connectivity index (χ3n) is 3.77. The summed E-state index contributed by atoms with van der Waals surface area (Å²) in [5.41, 5.74) is 2.44. The van der Waals surface area contributed by atoms with Gasteiger partial charge < -0.3 is 19.5 Å². The Morgan fingerprint density at radius 3 is 2.44 bits per heavy atom. The molecule has 25 heavy (non-hydrogen) atoms. The van der Waals surface area contributed by atoms with Gasteiger partial charge in [-0.2, -0.15) is 0 Å². The van der Waals surface area contributed by atoms with Gasteiger partial charge in [0.15, 0.2) is 5.96 Å². The molecule has 0 saturated heterocycles. The molecule has 1 heterocycles. The van der Waals surface area contributed by atoms with Crippen molar-refractivity contribution in [1.29, 1.82) is 0 Å². The number of rotatable bonds is 6. The molecule has 0 amide bonds. The highest BCUT2D eigenvalue weighted by Crippen LogP contribution is 2.13. The summed E-state index contributed by atoms with van der Waals surface area (Å²) in [5.74, 6) is 1.78. The number of nitrogens with one attached hydrogen (secondary N) is 1.